The number of nitrogens with zero attached hydrogens (tertiary/aromatic N) is 2. The molecule has 6 heteroatoms. The van der Waals surface area contributed by atoms with Crippen molar-refractivity contribution in [3.63, 3.8) is 0 Å². The zero-order valence-electron chi connectivity index (χ0n) is 17.3. The average Bonchev–Trinajstić information content (AvgIpc) is 2.74. The number of amides is 1. The predicted octanol–water partition coefficient (Wildman–Crippen LogP) is 5.09. The van der Waals surface area contributed by atoms with E-state index in [4.69, 9.17) is 0 Å². The summed E-state index contributed by atoms with van der Waals surface area (Å²) < 4.78 is 0. The van der Waals surface area contributed by atoms with Crippen molar-refractivity contribution in [3.05, 3.63) is 65.7 Å². The topological polar surface area (TPSA) is 35.6 Å². The standard InChI is InChI=1S/C23H31N3O.2ClH/c1-3-22(4-2)25-14-16-26(17-15-25)23(27)20-12-10-19(11-13-20)18-24-21-8-6-5-7-9-21;;/h5-13,22,24H,3-4,14-18H2,1-2H3;2*1H. The Morgan fingerprint density at radius 3 is 2.03 bits per heavy atom. The zero-order valence-corrected chi connectivity index (χ0v) is 19.0. The maximum Gasteiger partial charge on any atom is 0.253 e. The fourth-order valence-electron chi connectivity index (χ4n) is 3.80. The van der Waals surface area contributed by atoms with Crippen LogP contribution >= 0.6 is 24.8 Å². The lowest BCUT2D eigenvalue weighted by molar-refractivity contribution is 0.0559. The fraction of sp³-hybridized carbons (Fsp3) is 0.435. The number of anilines is 1. The molecule has 1 saturated heterocycles. The molecule has 0 saturated carbocycles. The first-order valence-electron chi connectivity index (χ1n) is 10.1. The molecule has 1 aliphatic heterocycles. The Balaban J connectivity index is 0.00000210. The van der Waals surface area contributed by atoms with Crippen LogP contribution in [0, 0.1) is 0 Å². The Bertz CT molecular complexity index is 713. The minimum absolute atomic E-state index is 0. The molecule has 0 radical (unpaired) electrons. The van der Waals surface area contributed by atoms with Crippen LogP contribution in [0.25, 0.3) is 0 Å². The molecule has 0 spiro atoms. The van der Waals surface area contributed by atoms with E-state index in [9.17, 15) is 4.79 Å². The number of carbonyl (C=O) groups excluding carboxylic acids is 1. The van der Waals surface area contributed by atoms with E-state index in [0.717, 1.165) is 44.0 Å². The Hall–Kier alpha value is -1.75. The van der Waals surface area contributed by atoms with Crippen molar-refractivity contribution in [1.29, 1.82) is 0 Å². The molecule has 1 N–H and O–H groups in total. The maximum atomic E-state index is 12.8. The van der Waals surface area contributed by atoms with Gasteiger partial charge in [0, 0.05) is 50.0 Å². The minimum atomic E-state index is 0. The van der Waals surface area contributed by atoms with Gasteiger partial charge >= 0.3 is 0 Å². The third-order valence-electron chi connectivity index (χ3n) is 5.53. The van der Waals surface area contributed by atoms with E-state index in [1.54, 1.807) is 0 Å². The van der Waals surface area contributed by atoms with Crippen LogP contribution in [-0.4, -0.2) is 47.9 Å². The quantitative estimate of drug-likeness (QED) is 0.654. The second-order valence-electron chi connectivity index (χ2n) is 7.21. The molecule has 160 valence electrons. The normalized spacial score (nSPS) is 14.1. The van der Waals surface area contributed by atoms with Crippen LogP contribution in [0.15, 0.2) is 54.6 Å². The summed E-state index contributed by atoms with van der Waals surface area (Å²) in [5, 5.41) is 3.40. The van der Waals surface area contributed by atoms with Crippen LogP contribution in [0.5, 0.6) is 0 Å². The molecule has 2 aromatic rings. The Morgan fingerprint density at radius 1 is 0.897 bits per heavy atom. The molecule has 4 nitrogen and oxygen atoms in total. The highest BCUT2D eigenvalue weighted by Crippen LogP contribution is 2.15. The molecule has 3 rings (SSSR count). The first-order valence-corrected chi connectivity index (χ1v) is 10.1. The van der Waals surface area contributed by atoms with E-state index >= 15 is 0 Å². The minimum Gasteiger partial charge on any atom is -0.381 e. The van der Waals surface area contributed by atoms with E-state index in [1.807, 2.05) is 47.4 Å². The molecule has 0 aromatic heterocycles. The SMILES string of the molecule is CCC(CC)N1CCN(C(=O)c2ccc(CNc3ccccc3)cc2)CC1.Cl.Cl. The van der Waals surface area contributed by atoms with Crippen LogP contribution in [0.1, 0.15) is 42.6 Å². The third kappa shape index (κ3) is 6.91. The molecule has 0 unspecified atom stereocenters. The number of halogens is 2. The van der Waals surface area contributed by atoms with E-state index < -0.39 is 0 Å². The zero-order chi connectivity index (χ0) is 19.1. The van der Waals surface area contributed by atoms with Crippen LogP contribution in [0.2, 0.25) is 0 Å². The Morgan fingerprint density at radius 2 is 1.48 bits per heavy atom. The van der Waals surface area contributed by atoms with E-state index in [0.29, 0.717) is 6.04 Å². The van der Waals surface area contributed by atoms with Gasteiger partial charge in [0.25, 0.3) is 5.91 Å². The summed E-state index contributed by atoms with van der Waals surface area (Å²) in [4.78, 5) is 17.3. The molecule has 0 aliphatic carbocycles. The molecule has 2 aromatic carbocycles. The summed E-state index contributed by atoms with van der Waals surface area (Å²) in [5.74, 6) is 0.154. The lowest BCUT2D eigenvalue weighted by Crippen LogP contribution is -2.51. The highest BCUT2D eigenvalue weighted by atomic mass is 35.5. The van der Waals surface area contributed by atoms with Gasteiger partial charge in [-0.3, -0.25) is 9.69 Å². The summed E-state index contributed by atoms with van der Waals surface area (Å²) in [5.41, 5.74) is 3.07. The van der Waals surface area contributed by atoms with Gasteiger partial charge in [0.05, 0.1) is 0 Å². The first kappa shape index (κ1) is 25.3. The maximum absolute atomic E-state index is 12.8. The smallest absolute Gasteiger partial charge is 0.253 e. The van der Waals surface area contributed by atoms with Gasteiger partial charge in [0.2, 0.25) is 0 Å². The highest BCUT2D eigenvalue weighted by Gasteiger charge is 2.25. The van der Waals surface area contributed by atoms with Gasteiger partial charge in [0.1, 0.15) is 0 Å². The van der Waals surface area contributed by atoms with Crippen molar-refractivity contribution >= 4 is 36.4 Å². The second kappa shape index (κ2) is 12.7. The largest absolute Gasteiger partial charge is 0.381 e. The molecule has 1 amide bonds. The monoisotopic (exact) mass is 437 g/mol. The van der Waals surface area contributed by atoms with Gasteiger partial charge in [-0.2, -0.15) is 0 Å². The van der Waals surface area contributed by atoms with E-state index in [-0.39, 0.29) is 30.7 Å². The number of piperazine rings is 1. The Labute approximate surface area is 187 Å². The fourth-order valence-corrected chi connectivity index (χ4v) is 3.80. The van der Waals surface area contributed by atoms with Crippen molar-refractivity contribution in [2.24, 2.45) is 0 Å². The van der Waals surface area contributed by atoms with Crippen molar-refractivity contribution < 1.29 is 4.79 Å². The summed E-state index contributed by atoms with van der Waals surface area (Å²) in [7, 11) is 0. The van der Waals surface area contributed by atoms with Gasteiger partial charge in [-0.25, -0.2) is 0 Å². The number of carbonyl (C=O) groups is 1. The molecular formula is C23H33Cl2N3O. The molecule has 0 atom stereocenters. The summed E-state index contributed by atoms with van der Waals surface area (Å²) in [6.45, 7) is 8.88. The van der Waals surface area contributed by atoms with Crippen molar-refractivity contribution in [2.75, 3.05) is 31.5 Å². The number of hydrogen-bond acceptors (Lipinski definition) is 3. The van der Waals surface area contributed by atoms with Gasteiger partial charge in [-0.05, 0) is 42.7 Å². The van der Waals surface area contributed by atoms with Crippen molar-refractivity contribution in [1.82, 2.24) is 9.80 Å². The Kier molecular flexibility index (Phi) is 11.1. The molecule has 1 fully saturated rings. The average molecular weight is 438 g/mol. The number of hydrogen-bond donors (Lipinski definition) is 1. The molecular weight excluding hydrogens is 405 g/mol. The van der Waals surface area contributed by atoms with Crippen LogP contribution in [0.4, 0.5) is 5.69 Å². The van der Waals surface area contributed by atoms with Crippen molar-refractivity contribution in [2.45, 2.75) is 39.3 Å². The summed E-state index contributed by atoms with van der Waals surface area (Å²) >= 11 is 0. The third-order valence-corrected chi connectivity index (χ3v) is 5.53. The molecule has 29 heavy (non-hydrogen) atoms. The first-order chi connectivity index (χ1) is 13.2. The van der Waals surface area contributed by atoms with Crippen LogP contribution in [0.3, 0.4) is 0 Å². The number of nitrogens with one attached hydrogen (secondary N) is 1. The van der Waals surface area contributed by atoms with Gasteiger partial charge in [-0.15, -0.1) is 24.8 Å². The van der Waals surface area contributed by atoms with Crippen LogP contribution in [-0.2, 0) is 6.54 Å². The van der Waals surface area contributed by atoms with E-state index in [1.165, 1.54) is 18.4 Å². The number of para-hydroxylation sites is 1. The lowest BCUT2D eigenvalue weighted by Gasteiger charge is -2.38. The van der Waals surface area contributed by atoms with Gasteiger partial charge in [-0.1, -0.05) is 44.2 Å². The second-order valence-corrected chi connectivity index (χ2v) is 7.21. The molecule has 1 heterocycles. The number of benzene rings is 2. The van der Waals surface area contributed by atoms with Gasteiger partial charge in [0.15, 0.2) is 0 Å². The molecule has 0 bridgehead atoms. The summed E-state index contributed by atoms with van der Waals surface area (Å²) in [6.07, 6.45) is 2.37. The van der Waals surface area contributed by atoms with Crippen molar-refractivity contribution in [3.8, 4) is 0 Å². The highest BCUT2D eigenvalue weighted by molar-refractivity contribution is 5.94. The predicted molar refractivity (Wildman–Crippen MR) is 127 cm³/mol. The lowest BCUT2D eigenvalue weighted by atomic mass is 10.1. The number of rotatable bonds is 7. The van der Waals surface area contributed by atoms with Crippen LogP contribution < -0.4 is 5.32 Å². The van der Waals surface area contributed by atoms with Gasteiger partial charge < -0.3 is 10.2 Å². The summed E-state index contributed by atoms with van der Waals surface area (Å²) in [6, 6.07) is 18.8. The van der Waals surface area contributed by atoms with E-state index in [2.05, 4.69) is 36.2 Å². The molecule has 1 aliphatic rings.